The van der Waals surface area contributed by atoms with Crippen LogP contribution in [0.4, 0.5) is 0 Å². The second kappa shape index (κ2) is 5.95. The van der Waals surface area contributed by atoms with Gasteiger partial charge in [0.05, 0.1) is 5.33 Å². The monoisotopic (exact) mass is 228 g/mol. The van der Waals surface area contributed by atoms with E-state index in [9.17, 15) is 4.79 Å². The van der Waals surface area contributed by atoms with Crippen molar-refractivity contribution in [1.82, 2.24) is 0 Å². The van der Waals surface area contributed by atoms with Crippen LogP contribution in [0.25, 0.3) is 0 Å². The number of ketones is 1. The van der Waals surface area contributed by atoms with E-state index in [2.05, 4.69) is 22.5 Å². The summed E-state index contributed by atoms with van der Waals surface area (Å²) in [6, 6.07) is 0. The van der Waals surface area contributed by atoms with E-state index >= 15 is 0 Å². The number of hydrogen-bond donors (Lipinski definition) is 0. The number of rotatable bonds is 4. The highest BCUT2D eigenvalue weighted by Crippen LogP contribution is 2.02. The van der Waals surface area contributed by atoms with Gasteiger partial charge in [0, 0.05) is 5.57 Å². The van der Waals surface area contributed by atoms with E-state index < -0.39 is 0 Å². The number of halogens is 1. The predicted molar refractivity (Wildman–Crippen MR) is 56.5 cm³/mol. The molecule has 66 valence electrons. The van der Waals surface area contributed by atoms with E-state index in [1.807, 2.05) is 19.9 Å². The fourth-order valence-electron chi connectivity index (χ4n) is 0.608. The van der Waals surface area contributed by atoms with Gasteiger partial charge < -0.3 is 0 Å². The minimum absolute atomic E-state index is 0.0579. The fraction of sp³-hybridized carbons (Fsp3) is 0.300. The minimum atomic E-state index is 0.0579. The summed E-state index contributed by atoms with van der Waals surface area (Å²) in [6.45, 7) is 7.53. The lowest BCUT2D eigenvalue weighted by Crippen LogP contribution is -2.00. The van der Waals surface area contributed by atoms with Crippen LogP contribution in [0.1, 0.15) is 13.8 Å². The predicted octanol–water partition coefficient (Wildman–Crippen LogP) is 3.03. The SMILES string of the molecule is C=C/C(=C\C=C(C)C)C(=O)CBr. The molecule has 0 aliphatic heterocycles. The Morgan fingerprint density at radius 3 is 2.33 bits per heavy atom. The van der Waals surface area contributed by atoms with Crippen molar-refractivity contribution in [3.63, 3.8) is 0 Å². The number of alkyl halides is 1. The number of allylic oxidation sites excluding steroid dienone is 5. The van der Waals surface area contributed by atoms with Crippen LogP contribution in [0.5, 0.6) is 0 Å². The Balaban J connectivity index is 4.55. The van der Waals surface area contributed by atoms with Gasteiger partial charge in [0.1, 0.15) is 0 Å². The molecule has 2 heteroatoms. The van der Waals surface area contributed by atoms with Crippen molar-refractivity contribution < 1.29 is 4.79 Å². The summed E-state index contributed by atoms with van der Waals surface area (Å²) in [7, 11) is 0. The van der Waals surface area contributed by atoms with Gasteiger partial charge in [-0.05, 0) is 13.8 Å². The third-order valence-electron chi connectivity index (χ3n) is 1.26. The van der Waals surface area contributed by atoms with E-state index in [1.54, 1.807) is 12.2 Å². The summed E-state index contributed by atoms with van der Waals surface area (Å²) in [5.41, 5.74) is 1.81. The normalized spacial score (nSPS) is 10.8. The van der Waals surface area contributed by atoms with Gasteiger partial charge in [0.2, 0.25) is 0 Å². The van der Waals surface area contributed by atoms with Crippen molar-refractivity contribution in [3.05, 3.63) is 36.0 Å². The quantitative estimate of drug-likeness (QED) is 0.411. The fourth-order valence-corrected chi connectivity index (χ4v) is 0.932. The molecule has 12 heavy (non-hydrogen) atoms. The number of carbonyl (C=O) groups is 1. The Hall–Kier alpha value is -0.630. The molecule has 0 bridgehead atoms. The molecule has 0 aromatic carbocycles. The molecule has 0 fully saturated rings. The summed E-state index contributed by atoms with van der Waals surface area (Å²) in [5.74, 6) is 0.0579. The molecule has 0 spiro atoms. The molecule has 0 aliphatic carbocycles. The van der Waals surface area contributed by atoms with Gasteiger partial charge in [-0.3, -0.25) is 4.79 Å². The van der Waals surface area contributed by atoms with Crippen LogP contribution in [0.2, 0.25) is 0 Å². The largest absolute Gasteiger partial charge is 0.293 e. The molecule has 0 N–H and O–H groups in total. The van der Waals surface area contributed by atoms with Crippen molar-refractivity contribution in [3.8, 4) is 0 Å². The van der Waals surface area contributed by atoms with Crippen molar-refractivity contribution in [2.24, 2.45) is 0 Å². The minimum Gasteiger partial charge on any atom is -0.293 e. The van der Waals surface area contributed by atoms with Crippen LogP contribution in [0.15, 0.2) is 36.0 Å². The molecule has 0 atom stereocenters. The first-order valence-electron chi connectivity index (χ1n) is 3.68. The molecular weight excluding hydrogens is 216 g/mol. The second-order valence-corrected chi connectivity index (χ2v) is 3.19. The topological polar surface area (TPSA) is 17.1 Å². The van der Waals surface area contributed by atoms with Gasteiger partial charge in [-0.25, -0.2) is 0 Å². The van der Waals surface area contributed by atoms with Crippen molar-refractivity contribution in [2.75, 3.05) is 5.33 Å². The maximum Gasteiger partial charge on any atom is 0.173 e. The highest BCUT2D eigenvalue weighted by Gasteiger charge is 2.01. The average Bonchev–Trinajstić information content (AvgIpc) is 2.04. The van der Waals surface area contributed by atoms with Gasteiger partial charge in [0.25, 0.3) is 0 Å². The molecule has 0 saturated heterocycles. The first-order chi connectivity index (χ1) is 5.61. The van der Waals surface area contributed by atoms with Gasteiger partial charge >= 0.3 is 0 Å². The Labute approximate surface area is 82.0 Å². The molecule has 0 rings (SSSR count). The summed E-state index contributed by atoms with van der Waals surface area (Å²) in [6.07, 6.45) is 5.26. The zero-order valence-electron chi connectivity index (χ0n) is 7.43. The summed E-state index contributed by atoms with van der Waals surface area (Å²) in [4.78, 5) is 11.1. The van der Waals surface area contributed by atoms with Crippen molar-refractivity contribution in [2.45, 2.75) is 13.8 Å². The van der Waals surface area contributed by atoms with Gasteiger partial charge in [0.15, 0.2) is 5.78 Å². The van der Waals surface area contributed by atoms with Gasteiger partial charge in [-0.1, -0.05) is 46.3 Å². The summed E-state index contributed by atoms with van der Waals surface area (Å²) in [5, 5.41) is 0.349. The van der Waals surface area contributed by atoms with Crippen LogP contribution in [0, 0.1) is 0 Å². The first kappa shape index (κ1) is 11.4. The molecule has 1 nitrogen and oxygen atoms in total. The van der Waals surface area contributed by atoms with E-state index in [-0.39, 0.29) is 5.78 Å². The standard InChI is InChI=1S/C10H13BrO/c1-4-9(10(12)7-11)6-5-8(2)3/h4-6H,1,7H2,2-3H3/b9-6+. The third-order valence-corrected chi connectivity index (χ3v) is 1.77. The van der Waals surface area contributed by atoms with Crippen molar-refractivity contribution in [1.29, 1.82) is 0 Å². The Kier molecular flexibility index (Phi) is 5.64. The molecule has 0 saturated carbocycles. The smallest absolute Gasteiger partial charge is 0.173 e. The van der Waals surface area contributed by atoms with Crippen LogP contribution < -0.4 is 0 Å². The summed E-state index contributed by atoms with van der Waals surface area (Å²) < 4.78 is 0. The van der Waals surface area contributed by atoms with Crippen LogP contribution in [-0.4, -0.2) is 11.1 Å². The Morgan fingerprint density at radius 2 is 2.00 bits per heavy atom. The maximum atomic E-state index is 11.1. The molecule has 0 aromatic heterocycles. The van der Waals surface area contributed by atoms with E-state index in [4.69, 9.17) is 0 Å². The number of carbonyl (C=O) groups excluding carboxylic acids is 1. The number of Topliss-reactive ketones (excluding diaryl/α,β-unsaturated/α-hetero) is 1. The molecular formula is C10H13BrO. The summed E-state index contributed by atoms with van der Waals surface area (Å²) >= 11 is 3.10. The molecule has 0 aliphatic rings. The Bertz CT molecular complexity index is 232. The van der Waals surface area contributed by atoms with Gasteiger partial charge in [-0.2, -0.15) is 0 Å². The zero-order valence-corrected chi connectivity index (χ0v) is 9.02. The van der Waals surface area contributed by atoms with Crippen molar-refractivity contribution >= 4 is 21.7 Å². The molecule has 0 aromatic rings. The highest BCUT2D eigenvalue weighted by atomic mass is 79.9. The lowest BCUT2D eigenvalue weighted by molar-refractivity contribution is -0.112. The molecule has 0 heterocycles. The molecule has 0 unspecified atom stereocenters. The lowest BCUT2D eigenvalue weighted by Gasteiger charge is -1.94. The van der Waals surface area contributed by atoms with E-state index in [1.165, 1.54) is 0 Å². The lowest BCUT2D eigenvalue weighted by atomic mass is 10.1. The molecule has 0 radical (unpaired) electrons. The van der Waals surface area contributed by atoms with Crippen LogP contribution >= 0.6 is 15.9 Å². The second-order valence-electron chi connectivity index (χ2n) is 2.63. The Morgan fingerprint density at radius 1 is 1.42 bits per heavy atom. The third kappa shape index (κ3) is 4.29. The zero-order chi connectivity index (χ0) is 9.56. The molecule has 0 amide bonds. The first-order valence-corrected chi connectivity index (χ1v) is 4.80. The van der Waals surface area contributed by atoms with E-state index in [0.29, 0.717) is 10.9 Å². The van der Waals surface area contributed by atoms with Crippen LogP contribution in [0.3, 0.4) is 0 Å². The number of hydrogen-bond acceptors (Lipinski definition) is 1. The highest BCUT2D eigenvalue weighted by molar-refractivity contribution is 9.09. The maximum absolute atomic E-state index is 11.1. The van der Waals surface area contributed by atoms with E-state index in [0.717, 1.165) is 5.57 Å². The average molecular weight is 229 g/mol. The van der Waals surface area contributed by atoms with Gasteiger partial charge in [-0.15, -0.1) is 0 Å². The van der Waals surface area contributed by atoms with Crippen LogP contribution in [-0.2, 0) is 4.79 Å².